The van der Waals surface area contributed by atoms with E-state index in [0.717, 1.165) is 24.6 Å². The van der Waals surface area contributed by atoms with E-state index in [2.05, 4.69) is 43.9 Å². The first kappa shape index (κ1) is 15.5. The first-order chi connectivity index (χ1) is 9.60. The van der Waals surface area contributed by atoms with Crippen LogP contribution in [0.4, 0.5) is 0 Å². The summed E-state index contributed by atoms with van der Waals surface area (Å²) in [7, 11) is 0. The van der Waals surface area contributed by atoms with Gasteiger partial charge in [0.05, 0.1) is 6.10 Å². The fraction of sp³-hybridized carbons (Fsp3) is 0.667. The Labute approximate surface area is 123 Å². The van der Waals surface area contributed by atoms with Crippen molar-refractivity contribution in [2.45, 2.75) is 65.0 Å². The van der Waals surface area contributed by atoms with Gasteiger partial charge < -0.3 is 10.0 Å². The normalized spacial score (nSPS) is 21.9. The highest BCUT2D eigenvalue weighted by atomic mass is 16.3. The van der Waals surface area contributed by atoms with Crippen molar-refractivity contribution < 1.29 is 5.11 Å². The Hall–Kier alpha value is -0.860. The van der Waals surface area contributed by atoms with Gasteiger partial charge in [-0.1, -0.05) is 42.7 Å². The van der Waals surface area contributed by atoms with E-state index in [4.69, 9.17) is 0 Å². The van der Waals surface area contributed by atoms with Crippen molar-refractivity contribution in [1.82, 2.24) is 4.90 Å². The number of nitrogens with zero attached hydrogens (tertiary/aromatic N) is 1. The summed E-state index contributed by atoms with van der Waals surface area (Å²) in [4.78, 5) is 2.58. The van der Waals surface area contributed by atoms with Gasteiger partial charge in [-0.3, -0.25) is 0 Å². The molecule has 1 N–H and O–H groups in total. The number of likely N-dealkylation sites (tertiary alicyclic amines) is 1. The third kappa shape index (κ3) is 4.07. The molecule has 0 aliphatic carbocycles. The van der Waals surface area contributed by atoms with E-state index < -0.39 is 0 Å². The maximum atomic E-state index is 10.4. The Bertz CT molecular complexity index is 409. The zero-order chi connectivity index (χ0) is 14.5. The smallest absolute Gasteiger partial charge is 0.0802 e. The van der Waals surface area contributed by atoms with Crippen LogP contribution in [-0.2, 0) is 0 Å². The molecule has 2 nitrogen and oxygen atoms in total. The monoisotopic (exact) mass is 275 g/mol. The Morgan fingerprint density at radius 2 is 1.90 bits per heavy atom. The molecule has 1 fully saturated rings. The molecule has 1 saturated heterocycles. The first-order valence-corrected chi connectivity index (χ1v) is 8.10. The van der Waals surface area contributed by atoms with Crippen molar-refractivity contribution in [2.24, 2.45) is 0 Å². The van der Waals surface area contributed by atoms with Crippen molar-refractivity contribution in [1.29, 1.82) is 0 Å². The zero-order valence-corrected chi connectivity index (χ0v) is 13.2. The van der Waals surface area contributed by atoms with Crippen molar-refractivity contribution >= 4 is 0 Å². The van der Waals surface area contributed by atoms with Crippen LogP contribution in [0.3, 0.4) is 0 Å². The Morgan fingerprint density at radius 3 is 2.55 bits per heavy atom. The van der Waals surface area contributed by atoms with Crippen LogP contribution >= 0.6 is 0 Å². The van der Waals surface area contributed by atoms with Gasteiger partial charge in [-0.2, -0.15) is 0 Å². The Balaban J connectivity index is 1.92. The number of hydrogen-bond donors (Lipinski definition) is 1. The van der Waals surface area contributed by atoms with E-state index in [-0.39, 0.29) is 6.10 Å². The zero-order valence-electron chi connectivity index (χ0n) is 13.2. The third-order valence-electron chi connectivity index (χ3n) is 4.54. The molecule has 2 rings (SSSR count). The van der Waals surface area contributed by atoms with Crippen molar-refractivity contribution in [3.8, 4) is 0 Å². The lowest BCUT2D eigenvalue weighted by Crippen LogP contribution is -2.40. The van der Waals surface area contributed by atoms with Gasteiger partial charge in [0, 0.05) is 12.6 Å². The summed E-state index contributed by atoms with van der Waals surface area (Å²) in [5.41, 5.74) is 3.56. The van der Waals surface area contributed by atoms with Gasteiger partial charge in [0.25, 0.3) is 0 Å². The van der Waals surface area contributed by atoms with Crippen molar-refractivity contribution in [3.05, 3.63) is 34.9 Å². The molecule has 2 atom stereocenters. The number of aliphatic hydroxyl groups excluding tert-OH is 1. The highest BCUT2D eigenvalue weighted by Gasteiger charge is 2.21. The average molecular weight is 275 g/mol. The van der Waals surface area contributed by atoms with Gasteiger partial charge in [0.15, 0.2) is 0 Å². The number of benzene rings is 1. The Kier molecular flexibility index (Phi) is 5.62. The molecule has 0 spiro atoms. The molecular weight excluding hydrogens is 246 g/mol. The summed E-state index contributed by atoms with van der Waals surface area (Å²) in [5, 5.41) is 10.4. The summed E-state index contributed by atoms with van der Waals surface area (Å²) in [6.07, 6.45) is 5.77. The molecule has 1 heterocycles. The number of aliphatic hydroxyl groups is 1. The molecule has 0 bridgehead atoms. The van der Waals surface area contributed by atoms with E-state index in [1.807, 2.05) is 0 Å². The lowest BCUT2D eigenvalue weighted by Gasteiger charge is -2.35. The predicted molar refractivity (Wildman–Crippen MR) is 85.0 cm³/mol. The maximum absolute atomic E-state index is 10.4. The first-order valence-electron chi connectivity index (χ1n) is 8.10. The second-order valence-electron chi connectivity index (χ2n) is 6.32. The highest BCUT2D eigenvalue weighted by molar-refractivity contribution is 5.29. The molecule has 1 aromatic carbocycles. The molecule has 1 aromatic rings. The SMILES string of the molecule is CCC1CCCCN1CCC(O)c1cc(C)cc(C)c1. The van der Waals surface area contributed by atoms with Gasteiger partial charge in [-0.05, 0) is 51.6 Å². The van der Waals surface area contributed by atoms with Crippen molar-refractivity contribution in [3.63, 3.8) is 0 Å². The van der Waals surface area contributed by atoms with E-state index in [0.29, 0.717) is 0 Å². The van der Waals surface area contributed by atoms with Crippen LogP contribution in [0.5, 0.6) is 0 Å². The summed E-state index contributed by atoms with van der Waals surface area (Å²) >= 11 is 0. The van der Waals surface area contributed by atoms with Crippen LogP contribution < -0.4 is 0 Å². The minimum absolute atomic E-state index is 0.326. The highest BCUT2D eigenvalue weighted by Crippen LogP contribution is 2.24. The molecule has 2 unspecified atom stereocenters. The molecule has 0 saturated carbocycles. The maximum Gasteiger partial charge on any atom is 0.0802 e. The lowest BCUT2D eigenvalue weighted by atomic mass is 9.98. The van der Waals surface area contributed by atoms with Gasteiger partial charge in [-0.25, -0.2) is 0 Å². The number of aryl methyl sites for hydroxylation is 2. The van der Waals surface area contributed by atoms with Crippen LogP contribution in [0.1, 0.15) is 61.8 Å². The van der Waals surface area contributed by atoms with Crippen LogP contribution in [0.25, 0.3) is 0 Å². The largest absolute Gasteiger partial charge is 0.388 e. The molecule has 0 aromatic heterocycles. The third-order valence-corrected chi connectivity index (χ3v) is 4.54. The van der Waals surface area contributed by atoms with Crippen LogP contribution in [0.2, 0.25) is 0 Å². The second-order valence-corrected chi connectivity index (χ2v) is 6.32. The lowest BCUT2D eigenvalue weighted by molar-refractivity contribution is 0.101. The van der Waals surface area contributed by atoms with Crippen LogP contribution in [-0.4, -0.2) is 29.1 Å². The van der Waals surface area contributed by atoms with E-state index >= 15 is 0 Å². The van der Waals surface area contributed by atoms with E-state index in [1.54, 1.807) is 0 Å². The molecule has 2 heteroatoms. The minimum Gasteiger partial charge on any atom is -0.388 e. The number of hydrogen-bond acceptors (Lipinski definition) is 2. The van der Waals surface area contributed by atoms with Gasteiger partial charge >= 0.3 is 0 Å². The summed E-state index contributed by atoms with van der Waals surface area (Å²) in [5.74, 6) is 0. The summed E-state index contributed by atoms with van der Waals surface area (Å²) < 4.78 is 0. The van der Waals surface area contributed by atoms with Gasteiger partial charge in [0.2, 0.25) is 0 Å². The summed E-state index contributed by atoms with van der Waals surface area (Å²) in [6.45, 7) is 8.70. The molecule has 112 valence electrons. The fourth-order valence-electron chi connectivity index (χ4n) is 3.47. The molecule has 20 heavy (non-hydrogen) atoms. The van der Waals surface area contributed by atoms with Crippen LogP contribution in [0.15, 0.2) is 18.2 Å². The molecular formula is C18H29NO. The van der Waals surface area contributed by atoms with Crippen LogP contribution in [0, 0.1) is 13.8 Å². The van der Waals surface area contributed by atoms with Crippen molar-refractivity contribution in [2.75, 3.05) is 13.1 Å². The quantitative estimate of drug-likeness (QED) is 0.878. The van der Waals surface area contributed by atoms with Gasteiger partial charge in [-0.15, -0.1) is 0 Å². The second kappa shape index (κ2) is 7.24. The number of piperidine rings is 1. The molecule has 1 aliphatic heterocycles. The Morgan fingerprint density at radius 1 is 1.20 bits per heavy atom. The fourth-order valence-corrected chi connectivity index (χ4v) is 3.47. The topological polar surface area (TPSA) is 23.5 Å². The summed E-state index contributed by atoms with van der Waals surface area (Å²) in [6, 6.07) is 7.12. The molecule has 0 amide bonds. The molecule has 0 radical (unpaired) electrons. The minimum atomic E-state index is -0.326. The molecule has 1 aliphatic rings. The van der Waals surface area contributed by atoms with E-state index in [1.165, 1.54) is 43.4 Å². The van der Waals surface area contributed by atoms with Gasteiger partial charge in [0.1, 0.15) is 0 Å². The predicted octanol–water partition coefficient (Wildman–Crippen LogP) is 3.99. The number of rotatable bonds is 5. The average Bonchev–Trinajstić information content (AvgIpc) is 2.44. The standard InChI is InChI=1S/C18H29NO/c1-4-17-7-5-6-9-19(17)10-8-18(20)16-12-14(2)11-15(3)13-16/h11-13,17-18,20H,4-10H2,1-3H3. The van der Waals surface area contributed by atoms with E-state index in [9.17, 15) is 5.11 Å².